The number of nitrogens with one attached hydrogen (secondary N) is 1. The Balaban J connectivity index is 2.10. The molecule has 0 amide bonds. The fourth-order valence-corrected chi connectivity index (χ4v) is 2.48. The van der Waals surface area contributed by atoms with E-state index >= 15 is 0 Å². The molecule has 0 bridgehead atoms. The molecule has 2 aromatic rings. The Morgan fingerprint density at radius 3 is 2.38 bits per heavy atom. The van der Waals surface area contributed by atoms with Crippen LogP contribution in [-0.2, 0) is 16.4 Å². The molecule has 0 saturated carbocycles. The summed E-state index contributed by atoms with van der Waals surface area (Å²) < 4.78 is 27.9. The second kappa shape index (κ2) is 6.05. The van der Waals surface area contributed by atoms with Gasteiger partial charge in [0.15, 0.2) is 9.84 Å². The van der Waals surface area contributed by atoms with Crippen molar-refractivity contribution in [3.63, 3.8) is 0 Å². The lowest BCUT2D eigenvalue weighted by atomic mass is 10.2. The Morgan fingerprint density at radius 2 is 1.81 bits per heavy atom. The molecule has 112 valence electrons. The largest absolute Gasteiger partial charge is 0.508 e. The van der Waals surface area contributed by atoms with Crippen LogP contribution in [-0.4, -0.2) is 26.9 Å². The summed E-state index contributed by atoms with van der Waals surface area (Å²) >= 11 is 0. The van der Waals surface area contributed by atoms with Crippen LogP contribution in [0.1, 0.15) is 5.56 Å². The first-order valence-corrected chi connectivity index (χ1v) is 8.19. The first-order valence-electron chi connectivity index (χ1n) is 6.30. The van der Waals surface area contributed by atoms with Gasteiger partial charge in [-0.25, -0.2) is 8.42 Å². The van der Waals surface area contributed by atoms with Crippen molar-refractivity contribution >= 4 is 15.5 Å². The molecule has 6 heteroatoms. The number of hydrogen-bond donors (Lipinski definition) is 2. The summed E-state index contributed by atoms with van der Waals surface area (Å²) in [4.78, 5) is 0.275. The highest BCUT2D eigenvalue weighted by molar-refractivity contribution is 7.90. The third-order valence-corrected chi connectivity index (χ3v) is 4.18. The van der Waals surface area contributed by atoms with E-state index in [9.17, 15) is 13.5 Å². The fourth-order valence-electron chi connectivity index (χ4n) is 1.85. The zero-order chi connectivity index (χ0) is 15.5. The van der Waals surface area contributed by atoms with E-state index in [1.54, 1.807) is 49.6 Å². The molecule has 2 N–H and O–H groups in total. The van der Waals surface area contributed by atoms with Crippen LogP contribution in [0.2, 0.25) is 0 Å². The average Bonchev–Trinajstić information content (AvgIpc) is 2.46. The van der Waals surface area contributed by atoms with Gasteiger partial charge in [-0.05, 0) is 42.5 Å². The van der Waals surface area contributed by atoms with E-state index in [4.69, 9.17) is 4.74 Å². The number of benzene rings is 2. The first-order chi connectivity index (χ1) is 9.90. The second-order valence-corrected chi connectivity index (χ2v) is 6.66. The van der Waals surface area contributed by atoms with Crippen molar-refractivity contribution in [2.45, 2.75) is 11.4 Å². The van der Waals surface area contributed by atoms with Crippen molar-refractivity contribution in [1.29, 1.82) is 0 Å². The van der Waals surface area contributed by atoms with E-state index in [0.29, 0.717) is 17.9 Å². The molecule has 0 aliphatic rings. The standard InChI is InChI=1S/C15H17NO4S/c1-20-13-5-8-15(17)11(9-13)10-16-12-3-6-14(7-4-12)21(2,18)19/h3-9,16-17H,10H2,1-2H3. The van der Waals surface area contributed by atoms with Crippen LogP contribution in [0.25, 0.3) is 0 Å². The molecule has 5 nitrogen and oxygen atoms in total. The van der Waals surface area contributed by atoms with E-state index in [2.05, 4.69) is 5.32 Å². The van der Waals surface area contributed by atoms with Crippen LogP contribution in [0.5, 0.6) is 11.5 Å². The number of ether oxygens (including phenoxy) is 1. The molecule has 0 unspecified atom stereocenters. The molecule has 0 fully saturated rings. The summed E-state index contributed by atoms with van der Waals surface area (Å²) in [5, 5.41) is 12.9. The summed E-state index contributed by atoms with van der Waals surface area (Å²) in [6.45, 7) is 0.404. The SMILES string of the molecule is COc1ccc(O)c(CNc2ccc(S(C)(=O)=O)cc2)c1. The predicted octanol–water partition coefficient (Wildman–Crippen LogP) is 2.42. The van der Waals surface area contributed by atoms with Gasteiger partial charge >= 0.3 is 0 Å². The van der Waals surface area contributed by atoms with E-state index in [1.807, 2.05) is 0 Å². The van der Waals surface area contributed by atoms with Crippen LogP contribution in [0, 0.1) is 0 Å². The van der Waals surface area contributed by atoms with Gasteiger partial charge in [-0.3, -0.25) is 0 Å². The number of aromatic hydroxyl groups is 1. The number of phenols is 1. The summed E-state index contributed by atoms with van der Waals surface area (Å²) in [5.41, 5.74) is 1.46. The van der Waals surface area contributed by atoms with E-state index < -0.39 is 9.84 Å². The summed E-state index contributed by atoms with van der Waals surface area (Å²) in [7, 11) is -1.62. The van der Waals surface area contributed by atoms with E-state index in [-0.39, 0.29) is 10.6 Å². The highest BCUT2D eigenvalue weighted by Gasteiger charge is 2.07. The number of rotatable bonds is 5. The smallest absolute Gasteiger partial charge is 0.175 e. The third-order valence-electron chi connectivity index (χ3n) is 3.05. The highest BCUT2D eigenvalue weighted by atomic mass is 32.2. The zero-order valence-electron chi connectivity index (χ0n) is 11.8. The maximum Gasteiger partial charge on any atom is 0.175 e. The second-order valence-electron chi connectivity index (χ2n) is 4.64. The Bertz CT molecular complexity index is 724. The summed E-state index contributed by atoms with van der Waals surface area (Å²) in [6.07, 6.45) is 1.17. The van der Waals surface area contributed by atoms with Crippen LogP contribution < -0.4 is 10.1 Å². The molecule has 2 aromatic carbocycles. The van der Waals surface area contributed by atoms with Gasteiger partial charge in [0.1, 0.15) is 11.5 Å². The summed E-state index contributed by atoms with van der Waals surface area (Å²) in [5.74, 6) is 0.841. The Morgan fingerprint density at radius 1 is 1.14 bits per heavy atom. The van der Waals surface area contributed by atoms with Crippen molar-refractivity contribution in [1.82, 2.24) is 0 Å². The Kier molecular flexibility index (Phi) is 4.37. The lowest BCUT2D eigenvalue weighted by Gasteiger charge is -2.10. The fraction of sp³-hybridized carbons (Fsp3) is 0.200. The normalized spacial score (nSPS) is 11.1. The molecule has 0 heterocycles. The van der Waals surface area contributed by atoms with Gasteiger partial charge in [-0.15, -0.1) is 0 Å². The van der Waals surface area contributed by atoms with Crippen molar-refractivity contribution in [3.05, 3.63) is 48.0 Å². The molecular formula is C15H17NO4S. The molecule has 0 atom stereocenters. The molecule has 21 heavy (non-hydrogen) atoms. The molecule has 0 spiro atoms. The van der Waals surface area contributed by atoms with Gasteiger partial charge in [0, 0.05) is 24.1 Å². The number of methoxy groups -OCH3 is 1. The minimum absolute atomic E-state index is 0.177. The van der Waals surface area contributed by atoms with Crippen LogP contribution in [0.4, 0.5) is 5.69 Å². The number of sulfone groups is 1. The number of anilines is 1. The average molecular weight is 307 g/mol. The minimum Gasteiger partial charge on any atom is -0.508 e. The van der Waals surface area contributed by atoms with Gasteiger partial charge < -0.3 is 15.2 Å². The van der Waals surface area contributed by atoms with Crippen LogP contribution in [0.15, 0.2) is 47.4 Å². The van der Waals surface area contributed by atoms with Crippen molar-refractivity contribution in [2.24, 2.45) is 0 Å². The molecular weight excluding hydrogens is 290 g/mol. The monoisotopic (exact) mass is 307 g/mol. The zero-order valence-corrected chi connectivity index (χ0v) is 12.6. The van der Waals surface area contributed by atoms with Gasteiger partial charge in [-0.1, -0.05) is 0 Å². The van der Waals surface area contributed by atoms with Gasteiger partial charge in [0.25, 0.3) is 0 Å². The van der Waals surface area contributed by atoms with Crippen molar-refractivity contribution < 1.29 is 18.3 Å². The quantitative estimate of drug-likeness (QED) is 0.887. The molecule has 0 radical (unpaired) electrons. The third kappa shape index (κ3) is 3.88. The first kappa shape index (κ1) is 15.2. The number of phenolic OH excluding ortho intramolecular Hbond substituents is 1. The Labute approximate surface area is 124 Å². The molecule has 0 aliphatic carbocycles. The summed E-state index contributed by atoms with van der Waals surface area (Å²) in [6, 6.07) is 11.5. The van der Waals surface area contributed by atoms with Crippen molar-refractivity contribution in [3.8, 4) is 11.5 Å². The minimum atomic E-state index is -3.19. The highest BCUT2D eigenvalue weighted by Crippen LogP contribution is 2.24. The molecule has 0 saturated heterocycles. The molecule has 2 rings (SSSR count). The molecule has 0 aliphatic heterocycles. The van der Waals surface area contributed by atoms with Gasteiger partial charge in [-0.2, -0.15) is 0 Å². The lowest BCUT2D eigenvalue weighted by Crippen LogP contribution is -2.01. The van der Waals surface area contributed by atoms with Crippen LogP contribution in [0.3, 0.4) is 0 Å². The van der Waals surface area contributed by atoms with Crippen LogP contribution >= 0.6 is 0 Å². The van der Waals surface area contributed by atoms with Gasteiger partial charge in [0.2, 0.25) is 0 Å². The maximum atomic E-state index is 11.4. The van der Waals surface area contributed by atoms with E-state index in [1.165, 1.54) is 6.26 Å². The lowest BCUT2D eigenvalue weighted by molar-refractivity contribution is 0.411. The maximum absolute atomic E-state index is 11.4. The van der Waals surface area contributed by atoms with E-state index in [0.717, 1.165) is 5.69 Å². The Hall–Kier alpha value is -2.21. The predicted molar refractivity (Wildman–Crippen MR) is 81.5 cm³/mol. The molecule has 0 aromatic heterocycles. The topological polar surface area (TPSA) is 75.6 Å². The number of hydrogen-bond acceptors (Lipinski definition) is 5. The van der Waals surface area contributed by atoms with Crippen molar-refractivity contribution in [2.75, 3.05) is 18.7 Å². The van der Waals surface area contributed by atoms with Gasteiger partial charge in [0.05, 0.1) is 12.0 Å².